The van der Waals surface area contributed by atoms with Gasteiger partial charge in [0.25, 0.3) is 5.91 Å². The molecule has 0 N–H and O–H groups in total. The second kappa shape index (κ2) is 5.82. The summed E-state index contributed by atoms with van der Waals surface area (Å²) in [5.74, 6) is -0.228. The Morgan fingerprint density at radius 3 is 2.96 bits per heavy atom. The van der Waals surface area contributed by atoms with Crippen molar-refractivity contribution in [2.75, 3.05) is 6.61 Å². The van der Waals surface area contributed by atoms with Gasteiger partial charge in [-0.15, -0.1) is 10.2 Å². The van der Waals surface area contributed by atoms with Crippen molar-refractivity contribution < 1.29 is 14.3 Å². The highest BCUT2D eigenvalue weighted by atomic mass is 16.5. The molecular weight excluding hydrogens is 320 g/mol. The molecule has 2 aliphatic rings. The number of pyridine rings is 1. The van der Waals surface area contributed by atoms with Gasteiger partial charge in [0.2, 0.25) is 0 Å². The molecule has 2 saturated heterocycles. The molecule has 1 amide bonds. The normalized spacial score (nSPS) is 27.8. The second-order valence-electron chi connectivity index (χ2n) is 6.88. The highest BCUT2D eigenvalue weighted by Gasteiger charge is 2.61. The maximum Gasteiger partial charge on any atom is 0.314 e. The zero-order valence-electron chi connectivity index (χ0n) is 14.5. The lowest BCUT2D eigenvalue weighted by Gasteiger charge is -2.34. The SMILES string of the molecule is CCOC(=O)[C@@]1(CC)C[C@H]2CC[C@@H]1N2C(=O)c1cccn2cnnc12. The molecule has 0 aliphatic carbocycles. The van der Waals surface area contributed by atoms with Gasteiger partial charge >= 0.3 is 5.97 Å². The molecule has 0 unspecified atom stereocenters. The average molecular weight is 342 g/mol. The quantitative estimate of drug-likeness (QED) is 0.795. The van der Waals surface area contributed by atoms with Crippen molar-refractivity contribution >= 4 is 17.5 Å². The molecule has 2 aliphatic heterocycles. The molecule has 2 aromatic rings. The Morgan fingerprint density at radius 1 is 1.36 bits per heavy atom. The first-order valence-corrected chi connectivity index (χ1v) is 8.90. The van der Waals surface area contributed by atoms with Crippen LogP contribution in [-0.2, 0) is 9.53 Å². The van der Waals surface area contributed by atoms with Crippen molar-refractivity contribution in [2.24, 2.45) is 5.41 Å². The largest absolute Gasteiger partial charge is 0.466 e. The van der Waals surface area contributed by atoms with E-state index in [0.717, 1.165) is 12.8 Å². The summed E-state index contributed by atoms with van der Waals surface area (Å²) < 4.78 is 7.10. The van der Waals surface area contributed by atoms with Gasteiger partial charge < -0.3 is 9.64 Å². The monoisotopic (exact) mass is 342 g/mol. The van der Waals surface area contributed by atoms with Crippen LogP contribution >= 0.6 is 0 Å². The molecule has 2 aromatic heterocycles. The molecule has 7 heteroatoms. The van der Waals surface area contributed by atoms with Crippen LogP contribution in [0.3, 0.4) is 0 Å². The van der Waals surface area contributed by atoms with E-state index in [2.05, 4.69) is 10.2 Å². The Morgan fingerprint density at radius 2 is 2.20 bits per heavy atom. The van der Waals surface area contributed by atoms with Gasteiger partial charge in [-0.3, -0.25) is 14.0 Å². The van der Waals surface area contributed by atoms with Crippen molar-refractivity contribution in [2.45, 2.75) is 51.6 Å². The summed E-state index contributed by atoms with van der Waals surface area (Å²) in [5.41, 5.74) is 0.512. The van der Waals surface area contributed by atoms with Crippen LogP contribution in [0.25, 0.3) is 5.65 Å². The molecule has 4 heterocycles. The Hall–Kier alpha value is -2.44. The van der Waals surface area contributed by atoms with E-state index < -0.39 is 5.41 Å². The summed E-state index contributed by atoms with van der Waals surface area (Å²) in [4.78, 5) is 27.9. The summed E-state index contributed by atoms with van der Waals surface area (Å²) in [6.07, 6.45) is 6.56. The van der Waals surface area contributed by atoms with Crippen molar-refractivity contribution in [1.29, 1.82) is 0 Å². The van der Waals surface area contributed by atoms with Crippen LogP contribution in [0.1, 0.15) is 49.9 Å². The van der Waals surface area contributed by atoms with E-state index in [4.69, 9.17) is 4.74 Å². The molecule has 0 aromatic carbocycles. The molecule has 3 atom stereocenters. The van der Waals surface area contributed by atoms with E-state index >= 15 is 0 Å². The van der Waals surface area contributed by atoms with E-state index in [1.807, 2.05) is 31.0 Å². The summed E-state index contributed by atoms with van der Waals surface area (Å²) in [6.45, 7) is 4.20. The minimum atomic E-state index is -0.576. The zero-order chi connectivity index (χ0) is 17.6. The van der Waals surface area contributed by atoms with E-state index in [-0.39, 0.29) is 24.0 Å². The first kappa shape index (κ1) is 16.1. The van der Waals surface area contributed by atoms with Crippen LogP contribution in [0.5, 0.6) is 0 Å². The van der Waals surface area contributed by atoms with Crippen LogP contribution in [0, 0.1) is 5.41 Å². The molecule has 2 fully saturated rings. The van der Waals surface area contributed by atoms with E-state index in [9.17, 15) is 9.59 Å². The molecule has 0 radical (unpaired) electrons. The molecule has 0 spiro atoms. The summed E-state index contributed by atoms with van der Waals surface area (Å²) >= 11 is 0. The van der Waals surface area contributed by atoms with E-state index in [0.29, 0.717) is 30.7 Å². The van der Waals surface area contributed by atoms with Gasteiger partial charge in [-0.25, -0.2) is 0 Å². The molecular formula is C18H22N4O3. The van der Waals surface area contributed by atoms with Gasteiger partial charge in [0, 0.05) is 18.3 Å². The highest BCUT2D eigenvalue weighted by Crippen LogP contribution is 2.52. The van der Waals surface area contributed by atoms with Gasteiger partial charge in [0.1, 0.15) is 6.33 Å². The van der Waals surface area contributed by atoms with Crippen molar-refractivity contribution in [3.63, 3.8) is 0 Å². The van der Waals surface area contributed by atoms with Crippen molar-refractivity contribution in [1.82, 2.24) is 19.5 Å². The summed E-state index contributed by atoms with van der Waals surface area (Å²) in [5, 5.41) is 7.97. The third kappa shape index (κ3) is 2.18. The smallest absolute Gasteiger partial charge is 0.314 e. The van der Waals surface area contributed by atoms with Crippen molar-refractivity contribution in [3.05, 3.63) is 30.2 Å². The Balaban J connectivity index is 1.71. The number of rotatable bonds is 4. The number of hydrogen-bond acceptors (Lipinski definition) is 5. The Bertz CT molecular complexity index is 833. The first-order valence-electron chi connectivity index (χ1n) is 8.90. The summed E-state index contributed by atoms with van der Waals surface area (Å²) in [6, 6.07) is 3.59. The van der Waals surface area contributed by atoms with Gasteiger partial charge in [-0.2, -0.15) is 0 Å². The van der Waals surface area contributed by atoms with Crippen LogP contribution in [0.2, 0.25) is 0 Å². The number of hydrogen-bond donors (Lipinski definition) is 0. The van der Waals surface area contributed by atoms with Gasteiger partial charge in [0.15, 0.2) is 5.65 Å². The number of nitrogens with zero attached hydrogens (tertiary/aromatic N) is 4. The topological polar surface area (TPSA) is 76.8 Å². The lowest BCUT2D eigenvalue weighted by molar-refractivity contribution is -0.157. The molecule has 7 nitrogen and oxygen atoms in total. The molecule has 0 saturated carbocycles. The molecule has 2 bridgehead atoms. The molecule has 25 heavy (non-hydrogen) atoms. The molecule has 4 rings (SSSR count). The minimum absolute atomic E-state index is 0.0641. The average Bonchev–Trinajstić information content (AvgIpc) is 3.33. The Kier molecular flexibility index (Phi) is 3.74. The standard InChI is InChI=1S/C18H22N4O3/c1-3-18(17(24)25-4-2)10-12-7-8-14(18)22(12)16(23)13-6-5-9-21-11-19-20-15(13)21/h5-6,9,11-12,14H,3-4,7-8,10H2,1-2H3/t12-,14+,18+/m1/s1. The number of esters is 1. The van der Waals surface area contributed by atoms with E-state index in [1.165, 1.54) is 0 Å². The Labute approximate surface area is 146 Å². The van der Waals surface area contributed by atoms with E-state index in [1.54, 1.807) is 16.8 Å². The van der Waals surface area contributed by atoms with Gasteiger partial charge in [0.05, 0.1) is 17.6 Å². The lowest BCUT2D eigenvalue weighted by Crippen LogP contribution is -2.45. The number of aromatic nitrogens is 3. The third-order valence-electron chi connectivity index (χ3n) is 5.84. The fourth-order valence-electron chi connectivity index (χ4n) is 4.67. The first-order chi connectivity index (χ1) is 12.1. The maximum atomic E-state index is 13.3. The third-order valence-corrected chi connectivity index (χ3v) is 5.84. The number of amides is 1. The minimum Gasteiger partial charge on any atom is -0.466 e. The van der Waals surface area contributed by atoms with Gasteiger partial charge in [-0.1, -0.05) is 6.92 Å². The van der Waals surface area contributed by atoms with Crippen LogP contribution in [0.4, 0.5) is 0 Å². The molecule has 132 valence electrons. The van der Waals surface area contributed by atoms with Crippen LogP contribution in [-0.4, -0.2) is 50.1 Å². The lowest BCUT2D eigenvalue weighted by atomic mass is 9.72. The van der Waals surface area contributed by atoms with Crippen molar-refractivity contribution in [3.8, 4) is 0 Å². The summed E-state index contributed by atoms with van der Waals surface area (Å²) in [7, 11) is 0. The predicted molar refractivity (Wildman–Crippen MR) is 89.9 cm³/mol. The van der Waals surface area contributed by atoms with Crippen LogP contribution in [0.15, 0.2) is 24.7 Å². The highest BCUT2D eigenvalue weighted by molar-refractivity contribution is 6.01. The predicted octanol–water partition coefficient (Wildman–Crippen LogP) is 2.07. The number of carbonyl (C=O) groups is 2. The fraction of sp³-hybridized carbons (Fsp3) is 0.556. The van der Waals surface area contributed by atoms with Gasteiger partial charge in [-0.05, 0) is 44.7 Å². The van der Waals surface area contributed by atoms with Crippen LogP contribution < -0.4 is 0 Å². The number of carbonyl (C=O) groups excluding carboxylic acids is 2. The number of fused-ring (bicyclic) bond motifs is 3. The number of ether oxygens (including phenoxy) is 1. The maximum absolute atomic E-state index is 13.3. The fourth-order valence-corrected chi connectivity index (χ4v) is 4.67. The second-order valence-corrected chi connectivity index (χ2v) is 6.88. The zero-order valence-corrected chi connectivity index (χ0v) is 14.5.